The van der Waals surface area contributed by atoms with Crippen molar-refractivity contribution in [3.05, 3.63) is 41.7 Å². The largest absolute Gasteiger partial charge is 0.351 e. The van der Waals surface area contributed by atoms with E-state index in [2.05, 4.69) is 20.6 Å². The molecule has 0 aliphatic heterocycles. The number of alkyl halides is 1. The van der Waals surface area contributed by atoms with Gasteiger partial charge in [0, 0.05) is 23.7 Å². The number of fused-ring (bicyclic) bond motifs is 1. The maximum Gasteiger partial charge on any atom is 0.227 e. The molecule has 0 bridgehead atoms. The zero-order valence-electron chi connectivity index (χ0n) is 18.3. The highest BCUT2D eigenvalue weighted by atomic mass is 19.2. The number of rotatable bonds is 6. The Morgan fingerprint density at radius 1 is 1.03 bits per heavy atom. The molecule has 33 heavy (non-hydrogen) atoms. The first-order valence-electron chi connectivity index (χ1n) is 11.6. The first-order valence-corrected chi connectivity index (χ1v) is 11.6. The molecule has 0 radical (unpaired) electrons. The Balaban J connectivity index is 1.49. The van der Waals surface area contributed by atoms with E-state index in [0.29, 0.717) is 17.1 Å². The Labute approximate surface area is 190 Å². The highest BCUT2D eigenvalue weighted by molar-refractivity contribution is 5.84. The summed E-state index contributed by atoms with van der Waals surface area (Å²) < 4.78 is 44.9. The molecule has 7 nitrogen and oxygen atoms in total. The number of hydrogen-bond donors (Lipinski definition) is 3. The third-order valence-corrected chi connectivity index (χ3v) is 6.76. The van der Waals surface area contributed by atoms with Gasteiger partial charge in [0.05, 0.1) is 6.33 Å². The van der Waals surface area contributed by atoms with Crippen LogP contribution in [0, 0.1) is 11.6 Å². The Morgan fingerprint density at radius 2 is 1.79 bits per heavy atom. The van der Waals surface area contributed by atoms with Gasteiger partial charge in [-0.15, -0.1) is 0 Å². The van der Waals surface area contributed by atoms with Crippen LogP contribution in [-0.2, 0) is 0 Å². The van der Waals surface area contributed by atoms with Crippen molar-refractivity contribution >= 4 is 22.9 Å². The van der Waals surface area contributed by atoms with Gasteiger partial charge in [0.25, 0.3) is 0 Å². The number of nitrogens with zero attached hydrogens (tertiary/aromatic N) is 4. The van der Waals surface area contributed by atoms with Crippen LogP contribution < -0.4 is 16.4 Å². The molecule has 2 fully saturated rings. The van der Waals surface area contributed by atoms with Gasteiger partial charge >= 0.3 is 0 Å². The minimum atomic E-state index is -2.00. The summed E-state index contributed by atoms with van der Waals surface area (Å²) >= 11 is 0. The molecule has 0 amide bonds. The first-order chi connectivity index (χ1) is 16.0. The molecule has 1 atom stereocenters. The molecular formula is C23H28F3N7. The molecule has 1 unspecified atom stereocenters. The number of halogens is 3. The number of nitrogens with two attached hydrogens (primary N) is 1. The van der Waals surface area contributed by atoms with Gasteiger partial charge < -0.3 is 20.9 Å². The second kappa shape index (κ2) is 9.17. The van der Waals surface area contributed by atoms with Gasteiger partial charge in [-0.3, -0.25) is 0 Å². The highest BCUT2D eigenvalue weighted by Crippen LogP contribution is 2.34. The summed E-state index contributed by atoms with van der Waals surface area (Å²) in [5.41, 5.74) is 6.59. The Kier molecular flexibility index (Phi) is 6.09. The smallest absolute Gasteiger partial charge is 0.227 e. The van der Waals surface area contributed by atoms with E-state index < -0.39 is 23.5 Å². The predicted molar refractivity (Wildman–Crippen MR) is 121 cm³/mol. The number of aromatic nitrogens is 4. The quantitative estimate of drug-likeness (QED) is 0.450. The van der Waals surface area contributed by atoms with Crippen molar-refractivity contribution < 1.29 is 13.2 Å². The normalized spacial score (nSPS) is 22.5. The van der Waals surface area contributed by atoms with E-state index in [1.165, 1.54) is 12.1 Å². The van der Waals surface area contributed by atoms with Gasteiger partial charge in [-0.2, -0.15) is 9.97 Å². The van der Waals surface area contributed by atoms with Gasteiger partial charge in [-0.1, -0.05) is 25.0 Å². The molecule has 3 aromatic rings. The van der Waals surface area contributed by atoms with Crippen molar-refractivity contribution in [1.29, 1.82) is 0 Å². The Hall–Kier alpha value is -2.88. The number of nitrogens with one attached hydrogen (secondary N) is 2. The van der Waals surface area contributed by atoms with E-state index in [0.717, 1.165) is 57.4 Å². The molecule has 2 aliphatic carbocycles. The number of imidazole rings is 1. The first kappa shape index (κ1) is 21.9. The summed E-state index contributed by atoms with van der Waals surface area (Å²) in [6, 6.07) is 4.08. The van der Waals surface area contributed by atoms with Crippen molar-refractivity contribution in [2.24, 2.45) is 5.73 Å². The molecule has 2 aromatic heterocycles. The van der Waals surface area contributed by atoms with Crippen molar-refractivity contribution in [3.63, 3.8) is 0 Å². The average Bonchev–Trinajstić information content (AvgIpc) is 3.47. The zero-order chi connectivity index (χ0) is 22.9. The molecule has 1 aromatic carbocycles. The summed E-state index contributed by atoms with van der Waals surface area (Å²) in [4.78, 5) is 13.6. The summed E-state index contributed by atoms with van der Waals surface area (Å²) in [6.07, 6.45) is 7.66. The van der Waals surface area contributed by atoms with Crippen molar-refractivity contribution in [2.45, 2.75) is 75.8 Å². The van der Waals surface area contributed by atoms with Crippen LogP contribution in [0.4, 0.5) is 24.9 Å². The summed E-state index contributed by atoms with van der Waals surface area (Å²) in [5, 5.41) is 5.96. The second-order valence-corrected chi connectivity index (χ2v) is 9.06. The van der Waals surface area contributed by atoms with E-state index in [1.807, 2.05) is 4.57 Å². The van der Waals surface area contributed by atoms with Gasteiger partial charge in [0.1, 0.15) is 0 Å². The fraction of sp³-hybridized carbons (Fsp3) is 0.522. The predicted octanol–water partition coefficient (Wildman–Crippen LogP) is 4.98. The lowest BCUT2D eigenvalue weighted by atomic mass is 9.92. The Morgan fingerprint density at radius 3 is 2.55 bits per heavy atom. The molecular weight excluding hydrogens is 431 g/mol. The Bertz CT molecular complexity index is 1120. The van der Waals surface area contributed by atoms with E-state index >= 15 is 4.39 Å². The molecule has 0 spiro atoms. The van der Waals surface area contributed by atoms with Crippen LogP contribution in [0.5, 0.6) is 0 Å². The SMILES string of the molecule is NC1CCC(Nc2nc(NC(F)c3cccc(F)c3F)c3ncn(C4CCCC4)c3n2)CC1. The maximum atomic E-state index is 15.1. The van der Waals surface area contributed by atoms with E-state index in [9.17, 15) is 8.78 Å². The van der Waals surface area contributed by atoms with Crippen LogP contribution in [0.25, 0.3) is 11.2 Å². The van der Waals surface area contributed by atoms with Gasteiger partial charge in [0.15, 0.2) is 34.9 Å². The average molecular weight is 460 g/mol. The molecule has 2 saturated carbocycles. The van der Waals surface area contributed by atoms with Crippen LogP contribution in [-0.4, -0.2) is 31.6 Å². The van der Waals surface area contributed by atoms with E-state index in [4.69, 9.17) is 10.7 Å². The van der Waals surface area contributed by atoms with Crippen molar-refractivity contribution in [1.82, 2.24) is 19.5 Å². The second-order valence-electron chi connectivity index (χ2n) is 9.06. The van der Waals surface area contributed by atoms with Crippen LogP contribution >= 0.6 is 0 Å². The molecule has 4 N–H and O–H groups in total. The minimum absolute atomic E-state index is 0.142. The molecule has 2 heterocycles. The van der Waals surface area contributed by atoms with Crippen LogP contribution in [0.3, 0.4) is 0 Å². The third kappa shape index (κ3) is 4.48. The standard InChI is InChI=1S/C23H28F3N7/c24-17-7-3-6-16(18(17)25)20(26)30-21-19-22(33(12-28-19)15-4-1-2-5-15)32-23(31-21)29-14-10-8-13(27)9-11-14/h3,6-7,12-15,20H,1-2,4-5,8-11,27H2,(H2,29,30,31,32). The summed E-state index contributed by atoms with van der Waals surface area (Å²) in [5.74, 6) is -1.83. The van der Waals surface area contributed by atoms with Crippen LogP contribution in [0.2, 0.25) is 0 Å². The number of benzene rings is 1. The fourth-order valence-electron chi connectivity index (χ4n) is 4.89. The molecule has 0 saturated heterocycles. The van der Waals surface area contributed by atoms with Crippen molar-refractivity contribution in [3.8, 4) is 0 Å². The highest BCUT2D eigenvalue weighted by Gasteiger charge is 2.25. The topological polar surface area (TPSA) is 93.7 Å². The van der Waals surface area contributed by atoms with Gasteiger partial charge in [-0.25, -0.2) is 18.2 Å². The van der Waals surface area contributed by atoms with Crippen LogP contribution in [0.1, 0.15) is 69.3 Å². The lowest BCUT2D eigenvalue weighted by molar-refractivity contribution is 0.363. The lowest BCUT2D eigenvalue weighted by Crippen LogP contribution is -2.33. The third-order valence-electron chi connectivity index (χ3n) is 6.76. The lowest BCUT2D eigenvalue weighted by Gasteiger charge is -2.27. The molecule has 2 aliphatic rings. The summed E-state index contributed by atoms with van der Waals surface area (Å²) in [6.45, 7) is 0. The van der Waals surface area contributed by atoms with Gasteiger partial charge in [-0.05, 0) is 44.6 Å². The maximum absolute atomic E-state index is 15.1. The zero-order valence-corrected chi connectivity index (χ0v) is 18.3. The number of hydrogen-bond acceptors (Lipinski definition) is 6. The van der Waals surface area contributed by atoms with Crippen molar-refractivity contribution in [2.75, 3.05) is 10.6 Å². The van der Waals surface area contributed by atoms with E-state index in [-0.39, 0.29) is 23.9 Å². The van der Waals surface area contributed by atoms with E-state index in [1.54, 1.807) is 6.33 Å². The minimum Gasteiger partial charge on any atom is -0.351 e. The summed E-state index contributed by atoms with van der Waals surface area (Å²) in [7, 11) is 0. The molecule has 5 rings (SSSR count). The van der Waals surface area contributed by atoms with Gasteiger partial charge in [0.2, 0.25) is 5.95 Å². The van der Waals surface area contributed by atoms with Crippen LogP contribution in [0.15, 0.2) is 24.5 Å². The molecule has 10 heteroatoms. The monoisotopic (exact) mass is 459 g/mol. The molecule has 176 valence electrons. The fourth-order valence-corrected chi connectivity index (χ4v) is 4.89. The number of anilines is 2.